The van der Waals surface area contributed by atoms with Crippen LogP contribution in [0.3, 0.4) is 0 Å². The SMILES string of the molecule is CC1CCCC(C)C1CN1CCC(F)(CNC(=O)c2cc(F)cc(Cl)c2)CC1. The predicted octanol–water partition coefficient (Wildman–Crippen LogP) is 5.09. The molecule has 1 aliphatic heterocycles. The minimum atomic E-state index is -1.41. The number of rotatable bonds is 5. The molecule has 6 heteroatoms. The van der Waals surface area contributed by atoms with Gasteiger partial charge in [0.15, 0.2) is 0 Å². The molecule has 1 saturated carbocycles. The molecule has 2 unspecified atom stereocenters. The Morgan fingerprint density at radius 3 is 2.46 bits per heavy atom. The summed E-state index contributed by atoms with van der Waals surface area (Å²) >= 11 is 5.79. The van der Waals surface area contributed by atoms with Crippen LogP contribution >= 0.6 is 11.6 Å². The number of alkyl halides is 1. The molecule has 3 nitrogen and oxygen atoms in total. The van der Waals surface area contributed by atoms with E-state index in [1.54, 1.807) is 0 Å². The lowest BCUT2D eigenvalue weighted by atomic mass is 9.73. The summed E-state index contributed by atoms with van der Waals surface area (Å²) in [4.78, 5) is 14.6. The number of halogens is 3. The first kappa shape index (κ1) is 21.5. The molecule has 2 aliphatic rings. The van der Waals surface area contributed by atoms with E-state index < -0.39 is 17.4 Å². The van der Waals surface area contributed by atoms with Gasteiger partial charge in [-0.25, -0.2) is 8.78 Å². The first-order valence-corrected chi connectivity index (χ1v) is 10.8. The van der Waals surface area contributed by atoms with E-state index in [2.05, 4.69) is 24.1 Å². The quantitative estimate of drug-likeness (QED) is 0.730. The lowest BCUT2D eigenvalue weighted by Gasteiger charge is -2.42. The maximum atomic E-state index is 15.2. The molecular formula is C22H31ClF2N2O. The van der Waals surface area contributed by atoms with Crippen molar-refractivity contribution in [3.63, 3.8) is 0 Å². The number of amides is 1. The normalized spacial score (nSPS) is 28.1. The molecule has 1 aromatic rings. The van der Waals surface area contributed by atoms with E-state index in [4.69, 9.17) is 11.6 Å². The van der Waals surface area contributed by atoms with Gasteiger partial charge in [0.2, 0.25) is 0 Å². The van der Waals surface area contributed by atoms with Crippen molar-refractivity contribution < 1.29 is 13.6 Å². The summed E-state index contributed by atoms with van der Waals surface area (Å²) in [6.45, 7) is 7.12. The van der Waals surface area contributed by atoms with Crippen molar-refractivity contribution in [2.45, 2.75) is 51.6 Å². The van der Waals surface area contributed by atoms with Crippen molar-refractivity contribution in [2.75, 3.05) is 26.2 Å². The fourth-order valence-electron chi connectivity index (χ4n) is 4.75. The maximum absolute atomic E-state index is 15.2. The zero-order valence-electron chi connectivity index (χ0n) is 16.8. The largest absolute Gasteiger partial charge is 0.349 e. The van der Waals surface area contributed by atoms with Crippen molar-refractivity contribution in [2.24, 2.45) is 17.8 Å². The average molecular weight is 413 g/mol. The van der Waals surface area contributed by atoms with Gasteiger partial charge in [-0.2, -0.15) is 0 Å². The predicted molar refractivity (Wildman–Crippen MR) is 109 cm³/mol. The van der Waals surface area contributed by atoms with Crippen LogP contribution in [0.5, 0.6) is 0 Å². The van der Waals surface area contributed by atoms with E-state index in [-0.39, 0.29) is 17.1 Å². The molecular weight excluding hydrogens is 382 g/mol. The molecule has 1 heterocycles. The Morgan fingerprint density at radius 1 is 1.21 bits per heavy atom. The minimum absolute atomic E-state index is 0.0515. The van der Waals surface area contributed by atoms with Crippen LogP contribution in [0.25, 0.3) is 0 Å². The van der Waals surface area contributed by atoms with E-state index in [1.807, 2.05) is 0 Å². The molecule has 1 amide bonds. The molecule has 1 aromatic carbocycles. The van der Waals surface area contributed by atoms with Crippen molar-refractivity contribution in [1.29, 1.82) is 0 Å². The third kappa shape index (κ3) is 5.44. The molecule has 0 aromatic heterocycles. The summed E-state index contributed by atoms with van der Waals surface area (Å²) in [5.74, 6) is 1.09. The standard InChI is InChI=1S/C22H31ClF2N2O/c1-15-4-3-5-16(2)20(15)13-27-8-6-22(25,7-9-27)14-26-21(28)17-10-18(23)12-19(24)11-17/h10-12,15-16,20H,3-9,13-14H2,1-2H3,(H,26,28). The number of nitrogens with zero attached hydrogens (tertiary/aromatic N) is 1. The molecule has 0 bridgehead atoms. The molecule has 28 heavy (non-hydrogen) atoms. The lowest BCUT2D eigenvalue weighted by Crippen LogP contribution is -2.50. The number of carbonyl (C=O) groups is 1. The number of likely N-dealkylation sites (tertiary alicyclic amines) is 1. The van der Waals surface area contributed by atoms with Crippen LogP contribution < -0.4 is 5.32 Å². The highest BCUT2D eigenvalue weighted by molar-refractivity contribution is 6.31. The maximum Gasteiger partial charge on any atom is 0.251 e. The van der Waals surface area contributed by atoms with Crippen LogP contribution in [0.2, 0.25) is 5.02 Å². The summed E-state index contributed by atoms with van der Waals surface area (Å²) in [5.41, 5.74) is -1.29. The van der Waals surface area contributed by atoms with Gasteiger partial charge in [0.05, 0.1) is 6.54 Å². The Kier molecular flexibility index (Phi) is 6.98. The Morgan fingerprint density at radius 2 is 1.86 bits per heavy atom. The number of benzene rings is 1. The number of hydrogen-bond acceptors (Lipinski definition) is 2. The van der Waals surface area contributed by atoms with Gasteiger partial charge in [0.1, 0.15) is 11.5 Å². The van der Waals surface area contributed by atoms with Gasteiger partial charge in [0.25, 0.3) is 5.91 Å². The van der Waals surface area contributed by atoms with Crippen LogP contribution in [-0.2, 0) is 0 Å². The first-order chi connectivity index (χ1) is 13.3. The minimum Gasteiger partial charge on any atom is -0.349 e. The van der Waals surface area contributed by atoms with E-state index in [9.17, 15) is 9.18 Å². The van der Waals surface area contributed by atoms with Crippen molar-refractivity contribution in [3.8, 4) is 0 Å². The Labute approximate surface area is 171 Å². The smallest absolute Gasteiger partial charge is 0.251 e. The second-order valence-electron chi connectivity index (χ2n) is 8.84. The molecule has 1 N–H and O–H groups in total. The highest BCUT2D eigenvalue weighted by Gasteiger charge is 2.37. The van der Waals surface area contributed by atoms with E-state index in [0.29, 0.717) is 31.8 Å². The summed E-state index contributed by atoms with van der Waals surface area (Å²) < 4.78 is 28.6. The van der Waals surface area contributed by atoms with Gasteiger partial charge in [0, 0.05) is 30.2 Å². The van der Waals surface area contributed by atoms with Crippen LogP contribution in [-0.4, -0.2) is 42.7 Å². The second kappa shape index (κ2) is 9.08. The molecule has 0 radical (unpaired) electrons. The lowest BCUT2D eigenvalue weighted by molar-refractivity contribution is 0.0328. The number of nitrogens with one attached hydrogen (secondary N) is 1. The fraction of sp³-hybridized carbons (Fsp3) is 0.682. The zero-order valence-corrected chi connectivity index (χ0v) is 17.6. The summed E-state index contributed by atoms with van der Waals surface area (Å²) in [5, 5.41) is 2.77. The van der Waals surface area contributed by atoms with Gasteiger partial charge < -0.3 is 10.2 Å². The zero-order chi connectivity index (χ0) is 20.3. The second-order valence-corrected chi connectivity index (χ2v) is 9.28. The van der Waals surface area contributed by atoms with Gasteiger partial charge in [-0.15, -0.1) is 0 Å². The molecule has 2 fully saturated rings. The molecule has 2 atom stereocenters. The summed E-state index contributed by atoms with van der Waals surface area (Å²) in [7, 11) is 0. The van der Waals surface area contributed by atoms with Gasteiger partial charge in [-0.05, 0) is 48.8 Å². The topological polar surface area (TPSA) is 32.3 Å². The Hall–Kier alpha value is -1.20. The van der Waals surface area contributed by atoms with Crippen LogP contribution in [0, 0.1) is 23.6 Å². The third-order valence-corrected chi connectivity index (χ3v) is 6.91. The Bertz CT molecular complexity index is 661. The van der Waals surface area contributed by atoms with Crippen molar-refractivity contribution in [3.05, 3.63) is 34.6 Å². The summed E-state index contributed by atoms with van der Waals surface area (Å²) in [6.07, 6.45) is 4.74. The number of carbonyl (C=O) groups excluding carboxylic acids is 1. The molecule has 0 spiro atoms. The highest BCUT2D eigenvalue weighted by atomic mass is 35.5. The van der Waals surface area contributed by atoms with E-state index in [1.165, 1.54) is 25.3 Å². The summed E-state index contributed by atoms with van der Waals surface area (Å²) in [6, 6.07) is 3.64. The number of piperidine rings is 1. The van der Waals surface area contributed by atoms with Crippen LogP contribution in [0.15, 0.2) is 18.2 Å². The van der Waals surface area contributed by atoms with Crippen molar-refractivity contribution in [1.82, 2.24) is 10.2 Å². The van der Waals surface area contributed by atoms with Gasteiger partial charge >= 0.3 is 0 Å². The van der Waals surface area contributed by atoms with Gasteiger partial charge in [-0.3, -0.25) is 4.79 Å². The van der Waals surface area contributed by atoms with Crippen LogP contribution in [0.4, 0.5) is 8.78 Å². The monoisotopic (exact) mass is 412 g/mol. The molecule has 3 rings (SSSR count). The highest BCUT2D eigenvalue weighted by Crippen LogP contribution is 2.36. The third-order valence-electron chi connectivity index (χ3n) is 6.69. The van der Waals surface area contributed by atoms with E-state index >= 15 is 4.39 Å². The molecule has 156 valence electrons. The molecule has 1 saturated heterocycles. The van der Waals surface area contributed by atoms with Crippen LogP contribution in [0.1, 0.15) is 56.3 Å². The number of hydrogen-bond donors (Lipinski definition) is 1. The molecule has 1 aliphatic carbocycles. The Balaban J connectivity index is 1.48. The van der Waals surface area contributed by atoms with E-state index in [0.717, 1.165) is 30.5 Å². The van der Waals surface area contributed by atoms with Crippen molar-refractivity contribution >= 4 is 17.5 Å². The van der Waals surface area contributed by atoms with Gasteiger partial charge in [-0.1, -0.05) is 44.7 Å². The fourth-order valence-corrected chi connectivity index (χ4v) is 4.97. The average Bonchev–Trinajstić information content (AvgIpc) is 2.64. The first-order valence-electron chi connectivity index (χ1n) is 10.4.